The molecule has 0 aliphatic heterocycles. The molecule has 0 spiro atoms. The predicted molar refractivity (Wildman–Crippen MR) is 75.2 cm³/mol. The van der Waals surface area contributed by atoms with Crippen LogP contribution in [0.25, 0.3) is 0 Å². The number of benzene rings is 1. The number of anilines is 1. The van der Waals surface area contributed by atoms with Gasteiger partial charge in [0.15, 0.2) is 0 Å². The highest BCUT2D eigenvalue weighted by atomic mass is 79.9. The Labute approximate surface area is 117 Å². The van der Waals surface area contributed by atoms with Crippen molar-refractivity contribution in [3.05, 3.63) is 50.4 Å². The van der Waals surface area contributed by atoms with Gasteiger partial charge in [-0.3, -0.25) is 0 Å². The second-order valence-electron chi connectivity index (χ2n) is 3.81. The summed E-state index contributed by atoms with van der Waals surface area (Å²) >= 11 is 5.00. The average molecular weight is 325 g/mol. The lowest BCUT2D eigenvalue weighted by atomic mass is 10.1. The fourth-order valence-corrected chi connectivity index (χ4v) is 3.07. The number of halogens is 2. The van der Waals surface area contributed by atoms with Gasteiger partial charge in [-0.25, -0.2) is 4.39 Å². The van der Waals surface area contributed by atoms with E-state index in [1.54, 1.807) is 23.5 Å². The molecule has 0 saturated carbocycles. The van der Waals surface area contributed by atoms with E-state index in [0.29, 0.717) is 5.69 Å². The van der Waals surface area contributed by atoms with Crippen LogP contribution in [0.1, 0.15) is 23.4 Å². The molecule has 1 aromatic heterocycles. The quantitative estimate of drug-likeness (QED) is 0.888. The van der Waals surface area contributed by atoms with Crippen LogP contribution >= 0.6 is 27.3 Å². The SMILES string of the molecule is CC(Nc1cccc(F)c1C#N)c1cc(Br)cs1. The van der Waals surface area contributed by atoms with Crippen LogP contribution in [0.4, 0.5) is 10.1 Å². The third-order valence-electron chi connectivity index (χ3n) is 2.51. The maximum absolute atomic E-state index is 13.4. The normalized spacial score (nSPS) is 11.9. The molecule has 1 unspecified atom stereocenters. The molecule has 0 fully saturated rings. The smallest absolute Gasteiger partial charge is 0.143 e. The minimum Gasteiger partial charge on any atom is -0.377 e. The molecule has 18 heavy (non-hydrogen) atoms. The van der Waals surface area contributed by atoms with Gasteiger partial charge in [-0.1, -0.05) is 6.07 Å². The highest BCUT2D eigenvalue weighted by Crippen LogP contribution is 2.29. The van der Waals surface area contributed by atoms with E-state index in [1.807, 2.05) is 24.4 Å². The van der Waals surface area contributed by atoms with Gasteiger partial charge in [0.05, 0.1) is 11.7 Å². The van der Waals surface area contributed by atoms with Crippen molar-refractivity contribution >= 4 is 33.0 Å². The molecule has 2 aromatic rings. The Bertz CT molecular complexity index is 603. The zero-order valence-corrected chi connectivity index (χ0v) is 12.0. The number of hydrogen-bond donors (Lipinski definition) is 1. The Balaban J connectivity index is 2.25. The number of nitriles is 1. The van der Waals surface area contributed by atoms with E-state index in [4.69, 9.17) is 5.26 Å². The molecule has 0 aliphatic carbocycles. The second kappa shape index (κ2) is 5.51. The molecule has 92 valence electrons. The van der Waals surface area contributed by atoms with Crippen molar-refractivity contribution < 1.29 is 4.39 Å². The van der Waals surface area contributed by atoms with Gasteiger partial charge in [0.25, 0.3) is 0 Å². The molecule has 0 saturated heterocycles. The van der Waals surface area contributed by atoms with E-state index in [0.717, 1.165) is 9.35 Å². The highest BCUT2D eigenvalue weighted by Gasteiger charge is 2.12. The van der Waals surface area contributed by atoms with Crippen molar-refractivity contribution in [3.8, 4) is 6.07 Å². The fourth-order valence-electron chi connectivity index (χ4n) is 1.62. The van der Waals surface area contributed by atoms with Crippen LogP contribution < -0.4 is 5.32 Å². The zero-order chi connectivity index (χ0) is 13.1. The van der Waals surface area contributed by atoms with Gasteiger partial charge in [0.1, 0.15) is 17.4 Å². The third kappa shape index (κ3) is 2.71. The lowest BCUT2D eigenvalue weighted by Crippen LogP contribution is -2.07. The predicted octanol–water partition coefficient (Wildman–Crippen LogP) is 4.69. The Morgan fingerprint density at radius 3 is 2.89 bits per heavy atom. The van der Waals surface area contributed by atoms with Crippen molar-refractivity contribution in [1.29, 1.82) is 5.26 Å². The van der Waals surface area contributed by atoms with Crippen molar-refractivity contribution in [3.63, 3.8) is 0 Å². The molecule has 1 atom stereocenters. The lowest BCUT2D eigenvalue weighted by Gasteiger charge is -2.14. The topological polar surface area (TPSA) is 35.8 Å². The van der Waals surface area contributed by atoms with Gasteiger partial charge >= 0.3 is 0 Å². The summed E-state index contributed by atoms with van der Waals surface area (Å²) in [7, 11) is 0. The van der Waals surface area contributed by atoms with Crippen molar-refractivity contribution in [2.75, 3.05) is 5.32 Å². The van der Waals surface area contributed by atoms with Gasteiger partial charge in [0, 0.05) is 14.7 Å². The van der Waals surface area contributed by atoms with Gasteiger partial charge in [-0.2, -0.15) is 5.26 Å². The van der Waals surface area contributed by atoms with Crippen molar-refractivity contribution in [2.24, 2.45) is 0 Å². The second-order valence-corrected chi connectivity index (χ2v) is 5.67. The largest absolute Gasteiger partial charge is 0.377 e. The number of nitrogens with zero attached hydrogens (tertiary/aromatic N) is 1. The molecule has 2 nitrogen and oxygen atoms in total. The minimum absolute atomic E-state index is 0.0233. The van der Waals surface area contributed by atoms with E-state index in [2.05, 4.69) is 21.2 Å². The van der Waals surface area contributed by atoms with Gasteiger partial charge in [-0.15, -0.1) is 11.3 Å². The maximum atomic E-state index is 13.4. The Kier molecular flexibility index (Phi) is 4.00. The molecule has 0 bridgehead atoms. The standard InChI is InChI=1S/C13H10BrFN2S/c1-8(13-5-9(14)7-18-13)17-12-4-2-3-11(15)10(12)6-16/h2-5,7-8,17H,1H3. The average Bonchev–Trinajstić information content (AvgIpc) is 2.76. The van der Waals surface area contributed by atoms with Gasteiger partial charge in [-0.05, 0) is 41.1 Å². The van der Waals surface area contributed by atoms with E-state index in [-0.39, 0.29) is 11.6 Å². The monoisotopic (exact) mass is 324 g/mol. The summed E-state index contributed by atoms with van der Waals surface area (Å²) in [5.74, 6) is -0.498. The first-order valence-electron chi connectivity index (χ1n) is 5.31. The number of hydrogen-bond acceptors (Lipinski definition) is 3. The Morgan fingerprint density at radius 2 is 2.28 bits per heavy atom. The van der Waals surface area contributed by atoms with E-state index < -0.39 is 5.82 Å². The molecular weight excluding hydrogens is 315 g/mol. The van der Waals surface area contributed by atoms with Gasteiger partial charge in [0.2, 0.25) is 0 Å². The van der Waals surface area contributed by atoms with Crippen LogP contribution in [0, 0.1) is 17.1 Å². The molecule has 1 heterocycles. The van der Waals surface area contributed by atoms with E-state index >= 15 is 0 Å². The van der Waals surface area contributed by atoms with Crippen LogP contribution in [-0.2, 0) is 0 Å². The summed E-state index contributed by atoms with van der Waals surface area (Å²) in [4.78, 5) is 1.12. The molecular formula is C13H10BrFN2S. The highest BCUT2D eigenvalue weighted by molar-refractivity contribution is 9.10. The summed E-state index contributed by atoms with van der Waals surface area (Å²) in [6.45, 7) is 1.98. The first kappa shape index (κ1) is 13.1. The third-order valence-corrected chi connectivity index (χ3v) is 4.39. The number of thiophene rings is 1. The van der Waals surface area contributed by atoms with Crippen LogP contribution in [0.3, 0.4) is 0 Å². The Morgan fingerprint density at radius 1 is 1.50 bits per heavy atom. The van der Waals surface area contributed by atoms with Crippen LogP contribution in [-0.4, -0.2) is 0 Å². The summed E-state index contributed by atoms with van der Waals surface area (Å²) in [6, 6.07) is 8.50. The maximum Gasteiger partial charge on any atom is 0.143 e. The molecule has 0 amide bonds. The molecule has 1 N–H and O–H groups in total. The number of nitrogens with one attached hydrogen (secondary N) is 1. The summed E-state index contributed by atoms with van der Waals surface area (Å²) in [5, 5.41) is 14.1. The zero-order valence-electron chi connectivity index (χ0n) is 9.58. The molecule has 0 aliphatic rings. The van der Waals surface area contributed by atoms with Crippen molar-refractivity contribution in [1.82, 2.24) is 0 Å². The Hall–Kier alpha value is -1.38. The van der Waals surface area contributed by atoms with Crippen LogP contribution in [0.15, 0.2) is 34.1 Å². The van der Waals surface area contributed by atoms with Gasteiger partial charge < -0.3 is 5.32 Å². The van der Waals surface area contributed by atoms with Crippen molar-refractivity contribution in [2.45, 2.75) is 13.0 Å². The minimum atomic E-state index is -0.498. The molecule has 5 heteroatoms. The molecule has 1 aromatic carbocycles. The fraction of sp³-hybridized carbons (Fsp3) is 0.154. The summed E-state index contributed by atoms with van der Waals surface area (Å²) in [5.41, 5.74) is 0.578. The number of rotatable bonds is 3. The van der Waals surface area contributed by atoms with E-state index in [9.17, 15) is 4.39 Å². The summed E-state index contributed by atoms with van der Waals surface area (Å²) < 4.78 is 14.5. The first-order chi connectivity index (χ1) is 8.61. The summed E-state index contributed by atoms with van der Waals surface area (Å²) in [6.07, 6.45) is 0. The molecule has 2 rings (SSSR count). The lowest BCUT2D eigenvalue weighted by molar-refractivity contribution is 0.624. The van der Waals surface area contributed by atoms with E-state index in [1.165, 1.54) is 6.07 Å². The van der Waals surface area contributed by atoms with Crippen LogP contribution in [0.2, 0.25) is 0 Å². The first-order valence-corrected chi connectivity index (χ1v) is 6.98. The van der Waals surface area contributed by atoms with Crippen LogP contribution in [0.5, 0.6) is 0 Å². The molecule has 0 radical (unpaired) electrons.